The van der Waals surface area contributed by atoms with E-state index in [0.717, 1.165) is 21.6 Å². The van der Waals surface area contributed by atoms with Crippen molar-refractivity contribution in [3.63, 3.8) is 0 Å². The number of rotatable bonds is 5. The van der Waals surface area contributed by atoms with Crippen LogP contribution in [-0.4, -0.2) is 29.9 Å². The summed E-state index contributed by atoms with van der Waals surface area (Å²) in [6, 6.07) is 14.9. The number of hydrogen-bond acceptors (Lipinski definition) is 5. The molecule has 1 N–H and O–H groups in total. The molecular formula is C21H18ClN3O3S. The number of nitrogens with zero attached hydrogens (tertiary/aromatic N) is 2. The Bertz CT molecular complexity index is 1200. The monoisotopic (exact) mass is 427 g/mol. The van der Waals surface area contributed by atoms with Gasteiger partial charge in [-0.3, -0.25) is 4.79 Å². The maximum atomic E-state index is 12.9. The van der Waals surface area contributed by atoms with Crippen molar-refractivity contribution in [2.45, 2.75) is 6.92 Å². The number of fused-ring (bicyclic) bond motifs is 1. The van der Waals surface area contributed by atoms with Crippen LogP contribution in [0.1, 0.15) is 15.4 Å². The summed E-state index contributed by atoms with van der Waals surface area (Å²) in [5.41, 5.74) is 2.30. The van der Waals surface area contributed by atoms with Crippen LogP contribution >= 0.6 is 22.9 Å². The van der Waals surface area contributed by atoms with Crippen LogP contribution in [0.25, 0.3) is 15.9 Å². The zero-order valence-corrected chi connectivity index (χ0v) is 17.6. The number of aryl methyl sites for hydroxylation is 1. The molecule has 2 aromatic carbocycles. The minimum absolute atomic E-state index is 0.243. The number of carbonyl (C=O) groups is 1. The number of para-hydroxylation sites is 1. The Morgan fingerprint density at radius 2 is 1.83 bits per heavy atom. The van der Waals surface area contributed by atoms with Crippen LogP contribution in [0.15, 0.2) is 48.5 Å². The molecule has 0 aliphatic rings. The third-order valence-corrected chi connectivity index (χ3v) is 5.90. The van der Waals surface area contributed by atoms with Crippen molar-refractivity contribution < 1.29 is 14.3 Å². The van der Waals surface area contributed by atoms with Gasteiger partial charge in [-0.15, -0.1) is 11.3 Å². The lowest BCUT2D eigenvalue weighted by atomic mass is 10.2. The number of carbonyl (C=O) groups excluding carboxylic acids is 1. The number of benzene rings is 2. The number of ether oxygens (including phenoxy) is 2. The van der Waals surface area contributed by atoms with E-state index in [1.54, 1.807) is 12.1 Å². The van der Waals surface area contributed by atoms with Gasteiger partial charge in [0.2, 0.25) is 0 Å². The maximum Gasteiger partial charge on any atom is 0.265 e. The van der Waals surface area contributed by atoms with Gasteiger partial charge in [-0.25, -0.2) is 4.68 Å². The van der Waals surface area contributed by atoms with E-state index in [9.17, 15) is 4.79 Å². The molecule has 0 aliphatic heterocycles. The summed E-state index contributed by atoms with van der Waals surface area (Å²) >= 11 is 7.52. The molecule has 0 spiro atoms. The van der Waals surface area contributed by atoms with Crippen molar-refractivity contribution in [3.05, 3.63) is 64.1 Å². The Kier molecular flexibility index (Phi) is 5.17. The van der Waals surface area contributed by atoms with E-state index in [2.05, 4.69) is 10.4 Å². The SMILES string of the molecule is COc1cc(NC(=O)c2cc3c(C)nn(-c4ccccc4)c3s2)c(OC)cc1Cl. The summed E-state index contributed by atoms with van der Waals surface area (Å²) in [6.07, 6.45) is 0. The Labute approximate surface area is 176 Å². The van der Waals surface area contributed by atoms with E-state index in [1.165, 1.54) is 25.6 Å². The number of anilines is 1. The topological polar surface area (TPSA) is 65.4 Å². The molecule has 4 aromatic rings. The van der Waals surface area contributed by atoms with Crippen LogP contribution in [0.2, 0.25) is 5.02 Å². The Balaban J connectivity index is 1.70. The highest BCUT2D eigenvalue weighted by Gasteiger charge is 2.19. The van der Waals surface area contributed by atoms with Gasteiger partial charge < -0.3 is 14.8 Å². The van der Waals surface area contributed by atoms with Gasteiger partial charge in [0.15, 0.2) is 0 Å². The second-order valence-corrected chi connectivity index (χ2v) is 7.74. The number of nitrogens with one attached hydrogen (secondary N) is 1. The van der Waals surface area contributed by atoms with Gasteiger partial charge in [-0.2, -0.15) is 5.10 Å². The summed E-state index contributed by atoms with van der Waals surface area (Å²) in [7, 11) is 3.04. The molecule has 0 saturated carbocycles. The van der Waals surface area contributed by atoms with E-state index in [1.807, 2.05) is 48.0 Å². The van der Waals surface area contributed by atoms with Gasteiger partial charge in [0.25, 0.3) is 5.91 Å². The predicted octanol–water partition coefficient (Wildman–Crippen LogP) is 5.32. The molecule has 4 rings (SSSR count). The molecule has 0 bridgehead atoms. The van der Waals surface area contributed by atoms with Crippen molar-refractivity contribution in [3.8, 4) is 17.2 Å². The first-order valence-corrected chi connectivity index (χ1v) is 9.98. The normalized spacial score (nSPS) is 10.9. The average molecular weight is 428 g/mol. The van der Waals surface area contributed by atoms with Gasteiger partial charge in [0.05, 0.1) is 41.2 Å². The summed E-state index contributed by atoms with van der Waals surface area (Å²) in [4.78, 5) is 14.4. The van der Waals surface area contributed by atoms with Crippen molar-refractivity contribution >= 4 is 44.7 Å². The van der Waals surface area contributed by atoms with Crippen LogP contribution in [0.3, 0.4) is 0 Å². The first kappa shape index (κ1) is 19.3. The molecule has 0 fully saturated rings. The van der Waals surface area contributed by atoms with Gasteiger partial charge in [-0.1, -0.05) is 29.8 Å². The van der Waals surface area contributed by atoms with Crippen molar-refractivity contribution in [1.29, 1.82) is 0 Å². The van der Waals surface area contributed by atoms with Crippen LogP contribution in [0.4, 0.5) is 5.69 Å². The zero-order chi connectivity index (χ0) is 20.5. The van der Waals surface area contributed by atoms with E-state index in [0.29, 0.717) is 27.1 Å². The standard InChI is InChI=1S/C21H18ClN3O3S/c1-12-14-9-19(29-21(14)25(24-12)13-7-5-4-6-8-13)20(26)23-16-11-17(27-2)15(22)10-18(16)28-3/h4-11H,1-3H3,(H,23,26). The molecule has 148 valence electrons. The second-order valence-electron chi connectivity index (χ2n) is 6.30. The lowest BCUT2D eigenvalue weighted by Crippen LogP contribution is -2.11. The minimum Gasteiger partial charge on any atom is -0.495 e. The summed E-state index contributed by atoms with van der Waals surface area (Å²) in [6.45, 7) is 1.93. The molecule has 2 aromatic heterocycles. The number of hydrogen-bond donors (Lipinski definition) is 1. The second kappa shape index (κ2) is 7.77. The molecule has 0 aliphatic carbocycles. The van der Waals surface area contributed by atoms with Crippen molar-refractivity contribution in [2.24, 2.45) is 0 Å². The first-order valence-electron chi connectivity index (χ1n) is 8.79. The molecule has 0 unspecified atom stereocenters. The van der Waals surface area contributed by atoms with Crippen LogP contribution in [-0.2, 0) is 0 Å². The fourth-order valence-electron chi connectivity index (χ4n) is 3.05. The zero-order valence-electron chi connectivity index (χ0n) is 16.0. The number of amides is 1. The molecular weight excluding hydrogens is 410 g/mol. The summed E-state index contributed by atoms with van der Waals surface area (Å²) < 4.78 is 12.4. The molecule has 6 nitrogen and oxygen atoms in total. The van der Waals surface area contributed by atoms with E-state index < -0.39 is 0 Å². The number of thiophene rings is 1. The number of methoxy groups -OCH3 is 2. The maximum absolute atomic E-state index is 12.9. The fourth-order valence-corrected chi connectivity index (χ4v) is 4.35. The summed E-state index contributed by atoms with van der Waals surface area (Å²) in [5, 5.41) is 8.85. The molecule has 29 heavy (non-hydrogen) atoms. The molecule has 2 heterocycles. The molecule has 8 heteroatoms. The third kappa shape index (κ3) is 3.54. The highest BCUT2D eigenvalue weighted by molar-refractivity contribution is 7.20. The van der Waals surface area contributed by atoms with Crippen LogP contribution < -0.4 is 14.8 Å². The molecule has 0 saturated heterocycles. The molecule has 0 radical (unpaired) electrons. The Morgan fingerprint density at radius 3 is 2.52 bits per heavy atom. The fraction of sp³-hybridized carbons (Fsp3) is 0.143. The largest absolute Gasteiger partial charge is 0.495 e. The quantitative estimate of drug-likeness (QED) is 0.468. The Morgan fingerprint density at radius 1 is 1.10 bits per heavy atom. The molecule has 0 atom stereocenters. The first-order chi connectivity index (χ1) is 14.0. The Hall–Kier alpha value is -3.03. The smallest absolute Gasteiger partial charge is 0.265 e. The van der Waals surface area contributed by atoms with Gasteiger partial charge in [0.1, 0.15) is 16.3 Å². The van der Waals surface area contributed by atoms with E-state index in [4.69, 9.17) is 21.1 Å². The van der Waals surface area contributed by atoms with Crippen LogP contribution in [0, 0.1) is 6.92 Å². The van der Waals surface area contributed by atoms with Gasteiger partial charge >= 0.3 is 0 Å². The average Bonchev–Trinajstić information content (AvgIpc) is 3.30. The van der Waals surface area contributed by atoms with E-state index >= 15 is 0 Å². The van der Waals surface area contributed by atoms with Crippen molar-refractivity contribution in [2.75, 3.05) is 19.5 Å². The number of aromatic nitrogens is 2. The van der Waals surface area contributed by atoms with Crippen molar-refractivity contribution in [1.82, 2.24) is 9.78 Å². The van der Waals surface area contributed by atoms with E-state index in [-0.39, 0.29) is 5.91 Å². The lowest BCUT2D eigenvalue weighted by molar-refractivity contribution is 0.103. The lowest BCUT2D eigenvalue weighted by Gasteiger charge is -2.12. The minimum atomic E-state index is -0.243. The predicted molar refractivity (Wildman–Crippen MR) is 116 cm³/mol. The third-order valence-electron chi connectivity index (χ3n) is 4.49. The van der Waals surface area contributed by atoms with Gasteiger partial charge in [0, 0.05) is 17.5 Å². The highest BCUT2D eigenvalue weighted by Crippen LogP contribution is 2.37. The van der Waals surface area contributed by atoms with Gasteiger partial charge in [-0.05, 0) is 25.1 Å². The highest BCUT2D eigenvalue weighted by atomic mass is 35.5. The molecule has 1 amide bonds. The number of halogens is 1. The van der Waals surface area contributed by atoms with Crippen LogP contribution in [0.5, 0.6) is 11.5 Å². The summed E-state index contributed by atoms with van der Waals surface area (Å²) in [5.74, 6) is 0.666.